The summed E-state index contributed by atoms with van der Waals surface area (Å²) in [6.45, 7) is 4.78. The zero-order valence-electron chi connectivity index (χ0n) is 14.3. The number of ether oxygens (including phenoxy) is 2. The van der Waals surface area contributed by atoms with Crippen molar-refractivity contribution in [3.05, 3.63) is 47.2 Å². The smallest absolute Gasteiger partial charge is 0.337 e. The van der Waals surface area contributed by atoms with Crippen molar-refractivity contribution in [2.24, 2.45) is 0 Å². The maximum atomic E-state index is 12.1. The van der Waals surface area contributed by atoms with E-state index in [1.807, 2.05) is 30.3 Å². The largest absolute Gasteiger partial charge is 0.463 e. The molecule has 1 atom stereocenters. The molecule has 2 aliphatic rings. The highest BCUT2D eigenvalue weighted by Crippen LogP contribution is 2.23. The van der Waals surface area contributed by atoms with Crippen LogP contribution in [0.3, 0.4) is 0 Å². The number of hydrogen-bond donors (Lipinski definition) is 2. The van der Waals surface area contributed by atoms with Crippen LogP contribution >= 0.6 is 0 Å². The van der Waals surface area contributed by atoms with Crippen LogP contribution in [-0.4, -0.2) is 56.3 Å². The molecule has 0 saturated carbocycles. The summed E-state index contributed by atoms with van der Waals surface area (Å²) in [5.41, 5.74) is 2.21. The SMILES string of the molecule is CCOC(=O)C1=C(CN2CCOC(c3ccccc3)C2)NC(=O)NC1. The highest BCUT2D eigenvalue weighted by atomic mass is 16.5. The van der Waals surface area contributed by atoms with E-state index in [1.165, 1.54) is 0 Å². The van der Waals surface area contributed by atoms with Crippen LogP contribution in [0.15, 0.2) is 41.6 Å². The van der Waals surface area contributed by atoms with Crippen LogP contribution in [-0.2, 0) is 14.3 Å². The van der Waals surface area contributed by atoms with E-state index < -0.39 is 5.97 Å². The molecule has 1 unspecified atom stereocenters. The lowest BCUT2D eigenvalue weighted by Crippen LogP contribution is -2.48. The second kappa shape index (κ2) is 8.13. The van der Waals surface area contributed by atoms with Gasteiger partial charge in [0.25, 0.3) is 0 Å². The van der Waals surface area contributed by atoms with Gasteiger partial charge in [0.2, 0.25) is 0 Å². The van der Waals surface area contributed by atoms with Gasteiger partial charge < -0.3 is 20.1 Å². The normalized spacial score (nSPS) is 21.5. The van der Waals surface area contributed by atoms with Crippen molar-refractivity contribution in [2.75, 3.05) is 39.4 Å². The minimum Gasteiger partial charge on any atom is -0.463 e. The standard InChI is InChI=1S/C18H23N3O4/c1-2-24-17(22)14-10-19-18(23)20-15(14)11-21-8-9-25-16(12-21)13-6-4-3-5-7-13/h3-7,16H,2,8-12H2,1H3,(H2,19,20,23). The highest BCUT2D eigenvalue weighted by Gasteiger charge is 2.28. The molecule has 2 amide bonds. The van der Waals surface area contributed by atoms with Gasteiger partial charge in [-0.05, 0) is 12.5 Å². The van der Waals surface area contributed by atoms with E-state index in [4.69, 9.17) is 9.47 Å². The predicted octanol–water partition coefficient (Wildman–Crippen LogP) is 1.19. The first-order valence-electron chi connectivity index (χ1n) is 8.50. The molecular formula is C18H23N3O4. The fourth-order valence-corrected chi connectivity index (χ4v) is 3.02. The summed E-state index contributed by atoms with van der Waals surface area (Å²) >= 11 is 0. The Hall–Kier alpha value is -2.38. The average Bonchev–Trinajstić information content (AvgIpc) is 2.63. The van der Waals surface area contributed by atoms with Crippen molar-refractivity contribution in [1.29, 1.82) is 0 Å². The second-order valence-electron chi connectivity index (χ2n) is 5.99. The first-order valence-corrected chi connectivity index (χ1v) is 8.50. The molecule has 2 heterocycles. The number of rotatable bonds is 5. The van der Waals surface area contributed by atoms with Gasteiger partial charge in [-0.1, -0.05) is 30.3 Å². The van der Waals surface area contributed by atoms with Gasteiger partial charge in [0.1, 0.15) is 0 Å². The number of amides is 2. The fourth-order valence-electron chi connectivity index (χ4n) is 3.02. The fraction of sp³-hybridized carbons (Fsp3) is 0.444. The minimum absolute atomic E-state index is 0.0148. The maximum Gasteiger partial charge on any atom is 0.337 e. The Morgan fingerprint density at radius 1 is 1.36 bits per heavy atom. The molecule has 0 aromatic heterocycles. The third kappa shape index (κ3) is 4.37. The minimum atomic E-state index is -0.391. The number of hydrogen-bond acceptors (Lipinski definition) is 5. The van der Waals surface area contributed by atoms with E-state index in [0.717, 1.165) is 12.1 Å². The van der Waals surface area contributed by atoms with E-state index in [-0.39, 0.29) is 18.7 Å². The first-order chi connectivity index (χ1) is 12.2. The summed E-state index contributed by atoms with van der Waals surface area (Å²) in [7, 11) is 0. The lowest BCUT2D eigenvalue weighted by atomic mass is 10.1. The molecular weight excluding hydrogens is 322 g/mol. The molecule has 1 aromatic rings. The highest BCUT2D eigenvalue weighted by molar-refractivity contribution is 5.93. The zero-order chi connectivity index (χ0) is 17.6. The van der Waals surface area contributed by atoms with Crippen LogP contribution in [0.2, 0.25) is 0 Å². The van der Waals surface area contributed by atoms with Crippen LogP contribution in [0.4, 0.5) is 4.79 Å². The van der Waals surface area contributed by atoms with Gasteiger partial charge in [0.05, 0.1) is 31.4 Å². The third-order valence-electron chi connectivity index (χ3n) is 4.28. The summed E-state index contributed by atoms with van der Waals surface area (Å²) in [6.07, 6.45) is -0.0148. The number of carbonyl (C=O) groups excluding carboxylic acids is 2. The molecule has 2 aliphatic heterocycles. The van der Waals surface area contributed by atoms with E-state index in [9.17, 15) is 9.59 Å². The molecule has 1 fully saturated rings. The molecule has 3 rings (SSSR count). The summed E-state index contributed by atoms with van der Waals surface area (Å²) < 4.78 is 11.0. The van der Waals surface area contributed by atoms with Gasteiger partial charge in [-0.3, -0.25) is 4.90 Å². The average molecular weight is 345 g/mol. The molecule has 7 heteroatoms. The second-order valence-corrected chi connectivity index (χ2v) is 5.99. The molecule has 2 N–H and O–H groups in total. The van der Waals surface area contributed by atoms with Crippen LogP contribution in [0, 0.1) is 0 Å². The molecule has 1 aromatic carbocycles. The van der Waals surface area contributed by atoms with Crippen molar-refractivity contribution in [3.63, 3.8) is 0 Å². The van der Waals surface area contributed by atoms with Gasteiger partial charge >= 0.3 is 12.0 Å². The number of esters is 1. The molecule has 25 heavy (non-hydrogen) atoms. The van der Waals surface area contributed by atoms with Gasteiger partial charge in [0, 0.05) is 25.3 Å². The molecule has 1 saturated heterocycles. The van der Waals surface area contributed by atoms with E-state index >= 15 is 0 Å². The predicted molar refractivity (Wildman–Crippen MR) is 91.8 cm³/mol. The number of morpholine rings is 1. The number of urea groups is 1. The van der Waals surface area contributed by atoms with Gasteiger partial charge in [-0.2, -0.15) is 0 Å². The Balaban J connectivity index is 1.72. The Morgan fingerprint density at radius 3 is 2.92 bits per heavy atom. The molecule has 134 valence electrons. The van der Waals surface area contributed by atoms with Crippen LogP contribution in [0.5, 0.6) is 0 Å². The first kappa shape index (κ1) is 17.4. The Kier molecular flexibility index (Phi) is 5.67. The number of nitrogens with zero attached hydrogens (tertiary/aromatic N) is 1. The lowest BCUT2D eigenvalue weighted by Gasteiger charge is -2.34. The molecule has 0 spiro atoms. The van der Waals surface area contributed by atoms with Crippen molar-refractivity contribution >= 4 is 12.0 Å². The monoisotopic (exact) mass is 345 g/mol. The van der Waals surface area contributed by atoms with Crippen molar-refractivity contribution in [1.82, 2.24) is 15.5 Å². The van der Waals surface area contributed by atoms with Gasteiger partial charge in [-0.25, -0.2) is 9.59 Å². The third-order valence-corrected chi connectivity index (χ3v) is 4.28. The van der Waals surface area contributed by atoms with Gasteiger partial charge in [0.15, 0.2) is 0 Å². The summed E-state index contributed by atoms with van der Waals surface area (Å²) in [6, 6.07) is 9.76. The van der Waals surface area contributed by atoms with E-state index in [1.54, 1.807) is 6.92 Å². The van der Waals surface area contributed by atoms with E-state index in [0.29, 0.717) is 37.6 Å². The van der Waals surface area contributed by atoms with Crippen molar-refractivity contribution in [3.8, 4) is 0 Å². The van der Waals surface area contributed by atoms with Gasteiger partial charge in [-0.15, -0.1) is 0 Å². The van der Waals surface area contributed by atoms with Crippen molar-refractivity contribution in [2.45, 2.75) is 13.0 Å². The van der Waals surface area contributed by atoms with E-state index in [2.05, 4.69) is 15.5 Å². The number of benzene rings is 1. The van der Waals surface area contributed by atoms with Crippen LogP contribution in [0.25, 0.3) is 0 Å². The van der Waals surface area contributed by atoms with Crippen LogP contribution < -0.4 is 10.6 Å². The summed E-state index contributed by atoms with van der Waals surface area (Å²) in [5.74, 6) is -0.391. The Labute approximate surface area is 147 Å². The number of nitrogens with one attached hydrogen (secondary N) is 2. The Morgan fingerprint density at radius 2 is 2.16 bits per heavy atom. The molecule has 0 bridgehead atoms. The molecule has 7 nitrogen and oxygen atoms in total. The maximum absolute atomic E-state index is 12.1. The topological polar surface area (TPSA) is 79.9 Å². The number of carbonyl (C=O) groups is 2. The Bertz CT molecular complexity index is 660. The molecule has 0 aliphatic carbocycles. The zero-order valence-corrected chi connectivity index (χ0v) is 14.3. The summed E-state index contributed by atoms with van der Waals surface area (Å²) in [4.78, 5) is 26.0. The quantitative estimate of drug-likeness (QED) is 0.784. The lowest BCUT2D eigenvalue weighted by molar-refractivity contribution is -0.138. The van der Waals surface area contributed by atoms with Crippen LogP contribution in [0.1, 0.15) is 18.6 Å². The van der Waals surface area contributed by atoms with Crippen molar-refractivity contribution < 1.29 is 19.1 Å². The molecule has 0 radical (unpaired) electrons. The summed E-state index contributed by atoms with van der Waals surface area (Å²) in [5, 5.41) is 5.38.